The fourth-order valence-corrected chi connectivity index (χ4v) is 4.12. The Morgan fingerprint density at radius 3 is 2.37 bits per heavy atom. The first kappa shape index (κ1) is 23.7. The minimum atomic E-state index is -1.06. The molecule has 1 atom stereocenters. The SMILES string of the molecule is C/C(=C\CNC(=O)[C@@H](Cc1cnc[nH]1)NC(=O)OCC1c2ccccc2-c2ccccc21)C(=O)O. The van der Waals surface area contributed by atoms with Gasteiger partial charge in [0.1, 0.15) is 12.6 Å². The number of aliphatic carboxylic acids is 1. The Hall–Kier alpha value is -4.40. The number of carbonyl (C=O) groups excluding carboxylic acids is 2. The molecular formula is C26H26N4O5. The highest BCUT2D eigenvalue weighted by Crippen LogP contribution is 2.44. The molecule has 1 aromatic heterocycles. The van der Waals surface area contributed by atoms with E-state index in [1.54, 1.807) is 6.20 Å². The predicted molar refractivity (Wildman–Crippen MR) is 129 cm³/mol. The molecule has 9 nitrogen and oxygen atoms in total. The van der Waals surface area contributed by atoms with Crippen molar-refractivity contribution in [3.63, 3.8) is 0 Å². The lowest BCUT2D eigenvalue weighted by Gasteiger charge is -2.19. The highest BCUT2D eigenvalue weighted by Gasteiger charge is 2.30. The molecule has 180 valence electrons. The van der Waals surface area contributed by atoms with Crippen LogP contribution in [0.1, 0.15) is 29.7 Å². The van der Waals surface area contributed by atoms with Gasteiger partial charge in [0.2, 0.25) is 5.91 Å². The number of ether oxygens (including phenoxy) is 1. The Morgan fingerprint density at radius 2 is 1.77 bits per heavy atom. The highest BCUT2D eigenvalue weighted by molar-refractivity contribution is 5.87. The molecule has 0 radical (unpaired) electrons. The highest BCUT2D eigenvalue weighted by atomic mass is 16.5. The third kappa shape index (κ3) is 5.57. The molecule has 0 bridgehead atoms. The van der Waals surface area contributed by atoms with Crippen LogP contribution in [0.15, 0.2) is 72.7 Å². The summed E-state index contributed by atoms with van der Waals surface area (Å²) in [4.78, 5) is 43.3. The van der Waals surface area contributed by atoms with E-state index in [1.165, 1.54) is 19.3 Å². The zero-order valence-corrected chi connectivity index (χ0v) is 19.2. The summed E-state index contributed by atoms with van der Waals surface area (Å²) >= 11 is 0. The van der Waals surface area contributed by atoms with E-state index in [-0.39, 0.29) is 31.1 Å². The van der Waals surface area contributed by atoms with Gasteiger partial charge in [0, 0.05) is 36.3 Å². The molecule has 3 aromatic rings. The number of hydrogen-bond donors (Lipinski definition) is 4. The number of aromatic amines is 1. The van der Waals surface area contributed by atoms with Crippen molar-refractivity contribution in [2.75, 3.05) is 13.2 Å². The molecule has 1 heterocycles. The number of aromatic nitrogens is 2. The van der Waals surface area contributed by atoms with Gasteiger partial charge in [0.15, 0.2) is 0 Å². The number of amides is 2. The van der Waals surface area contributed by atoms with Crippen LogP contribution in [0.2, 0.25) is 0 Å². The maximum atomic E-state index is 12.8. The molecule has 2 aromatic carbocycles. The third-order valence-electron chi connectivity index (χ3n) is 5.95. The second-order valence-electron chi connectivity index (χ2n) is 8.24. The minimum Gasteiger partial charge on any atom is -0.478 e. The number of H-pyrrole nitrogens is 1. The van der Waals surface area contributed by atoms with Crippen LogP contribution in [0.3, 0.4) is 0 Å². The summed E-state index contributed by atoms with van der Waals surface area (Å²) in [5.74, 6) is -1.63. The quantitative estimate of drug-likeness (QED) is 0.352. The lowest BCUT2D eigenvalue weighted by atomic mass is 9.98. The molecule has 4 rings (SSSR count). The number of nitrogens with zero attached hydrogens (tertiary/aromatic N) is 1. The van der Waals surface area contributed by atoms with Crippen LogP contribution in [0.25, 0.3) is 11.1 Å². The Balaban J connectivity index is 1.41. The summed E-state index contributed by atoms with van der Waals surface area (Å²) in [7, 11) is 0. The molecule has 0 saturated heterocycles. The number of carboxylic acids is 1. The molecule has 1 aliphatic carbocycles. The van der Waals surface area contributed by atoms with Gasteiger partial charge in [-0.2, -0.15) is 0 Å². The zero-order valence-electron chi connectivity index (χ0n) is 19.2. The van der Waals surface area contributed by atoms with Crippen LogP contribution in [-0.2, 0) is 20.7 Å². The van der Waals surface area contributed by atoms with Gasteiger partial charge >= 0.3 is 12.1 Å². The van der Waals surface area contributed by atoms with Crippen LogP contribution < -0.4 is 10.6 Å². The van der Waals surface area contributed by atoms with Gasteiger partial charge in [-0.25, -0.2) is 14.6 Å². The monoisotopic (exact) mass is 474 g/mol. The number of carboxylic acid groups (broad SMARTS) is 1. The van der Waals surface area contributed by atoms with E-state index >= 15 is 0 Å². The molecule has 2 amide bonds. The molecule has 1 aliphatic rings. The van der Waals surface area contributed by atoms with Gasteiger partial charge in [-0.1, -0.05) is 54.6 Å². The smallest absolute Gasteiger partial charge is 0.407 e. The number of nitrogens with one attached hydrogen (secondary N) is 3. The van der Waals surface area contributed by atoms with Crippen LogP contribution in [0.5, 0.6) is 0 Å². The fraction of sp³-hybridized carbons (Fsp3) is 0.231. The topological polar surface area (TPSA) is 133 Å². The average molecular weight is 475 g/mol. The number of carbonyl (C=O) groups is 3. The van der Waals surface area contributed by atoms with Crippen molar-refractivity contribution in [3.8, 4) is 11.1 Å². The largest absolute Gasteiger partial charge is 0.478 e. The van der Waals surface area contributed by atoms with Gasteiger partial charge in [-0.05, 0) is 29.2 Å². The molecule has 4 N–H and O–H groups in total. The first-order valence-corrected chi connectivity index (χ1v) is 11.2. The molecule has 0 fully saturated rings. The van der Waals surface area contributed by atoms with E-state index in [1.807, 2.05) is 36.4 Å². The first-order chi connectivity index (χ1) is 16.9. The van der Waals surface area contributed by atoms with Crippen LogP contribution in [0, 0.1) is 0 Å². The molecule has 0 unspecified atom stereocenters. The Kier molecular flexibility index (Phi) is 7.25. The molecule has 0 aliphatic heterocycles. The van der Waals surface area contributed by atoms with Gasteiger partial charge in [-0.3, -0.25) is 4.79 Å². The van der Waals surface area contributed by atoms with Crippen molar-refractivity contribution in [1.29, 1.82) is 0 Å². The normalized spacial score (nSPS) is 13.5. The molecule has 0 saturated carbocycles. The van der Waals surface area contributed by atoms with Gasteiger partial charge in [0.05, 0.1) is 6.33 Å². The maximum absolute atomic E-state index is 12.8. The second-order valence-corrected chi connectivity index (χ2v) is 8.24. The van der Waals surface area contributed by atoms with E-state index in [4.69, 9.17) is 9.84 Å². The number of fused-ring (bicyclic) bond motifs is 3. The van der Waals surface area contributed by atoms with Crippen molar-refractivity contribution in [1.82, 2.24) is 20.6 Å². The van der Waals surface area contributed by atoms with Crippen molar-refractivity contribution < 1.29 is 24.2 Å². The lowest BCUT2D eigenvalue weighted by molar-refractivity contribution is -0.132. The molecule has 0 spiro atoms. The van der Waals surface area contributed by atoms with E-state index in [9.17, 15) is 14.4 Å². The van der Waals surface area contributed by atoms with Crippen LogP contribution in [-0.4, -0.2) is 52.2 Å². The van der Waals surface area contributed by atoms with E-state index in [0.29, 0.717) is 5.69 Å². The fourth-order valence-electron chi connectivity index (χ4n) is 4.12. The Bertz CT molecular complexity index is 1210. The van der Waals surface area contributed by atoms with Crippen LogP contribution in [0.4, 0.5) is 4.79 Å². The molecular weight excluding hydrogens is 448 g/mol. The Labute approximate surface area is 202 Å². The number of alkyl carbamates (subject to hydrolysis) is 1. The Morgan fingerprint density at radius 1 is 1.11 bits per heavy atom. The number of benzene rings is 2. The first-order valence-electron chi connectivity index (χ1n) is 11.2. The predicted octanol–water partition coefficient (Wildman–Crippen LogP) is 3.01. The third-order valence-corrected chi connectivity index (χ3v) is 5.95. The number of hydrogen-bond acceptors (Lipinski definition) is 5. The van der Waals surface area contributed by atoms with Crippen molar-refractivity contribution in [2.24, 2.45) is 0 Å². The van der Waals surface area contributed by atoms with Gasteiger partial charge in [-0.15, -0.1) is 0 Å². The molecule has 9 heteroatoms. The number of imidazole rings is 1. The van der Waals surface area contributed by atoms with Crippen molar-refractivity contribution in [2.45, 2.75) is 25.3 Å². The zero-order chi connectivity index (χ0) is 24.8. The number of rotatable bonds is 9. The average Bonchev–Trinajstić information content (AvgIpc) is 3.48. The second kappa shape index (κ2) is 10.7. The lowest BCUT2D eigenvalue weighted by Crippen LogP contribution is -2.48. The summed E-state index contributed by atoms with van der Waals surface area (Å²) in [5, 5.41) is 14.2. The summed E-state index contributed by atoms with van der Waals surface area (Å²) in [5.41, 5.74) is 5.19. The standard InChI is InChI=1S/C26H26N4O5/c1-16(25(32)33)10-11-28-24(31)23(12-17-13-27-15-29-17)30-26(34)35-14-22-20-8-4-2-6-18(20)19-7-3-5-9-21(19)22/h2-10,13,15,22-23H,11-12,14H2,1H3,(H,27,29)(H,28,31)(H,30,34)(H,32,33)/b16-10+/t23-/m1/s1. The summed E-state index contributed by atoms with van der Waals surface area (Å²) in [6.45, 7) is 1.58. The maximum Gasteiger partial charge on any atom is 0.407 e. The van der Waals surface area contributed by atoms with Crippen LogP contribution >= 0.6 is 0 Å². The van der Waals surface area contributed by atoms with E-state index in [2.05, 4.69) is 32.7 Å². The van der Waals surface area contributed by atoms with E-state index in [0.717, 1.165) is 22.3 Å². The molecule has 35 heavy (non-hydrogen) atoms. The van der Waals surface area contributed by atoms with E-state index < -0.39 is 24.0 Å². The summed E-state index contributed by atoms with van der Waals surface area (Å²) in [6.07, 6.45) is 3.88. The summed E-state index contributed by atoms with van der Waals surface area (Å²) in [6, 6.07) is 15.1. The minimum absolute atomic E-state index is 0.0167. The van der Waals surface area contributed by atoms with Gasteiger partial charge in [0.25, 0.3) is 0 Å². The van der Waals surface area contributed by atoms with Crippen molar-refractivity contribution in [3.05, 3.63) is 89.5 Å². The van der Waals surface area contributed by atoms with Gasteiger partial charge < -0.3 is 25.5 Å². The summed E-state index contributed by atoms with van der Waals surface area (Å²) < 4.78 is 5.57. The van der Waals surface area contributed by atoms with Crippen molar-refractivity contribution >= 4 is 18.0 Å².